The molecular weight excluding hydrogens is 142 g/mol. The lowest BCUT2D eigenvalue weighted by Gasteiger charge is -2.17. The maximum Gasteiger partial charge on any atom is 0.0824 e. The molecule has 0 aromatic rings. The van der Waals surface area contributed by atoms with E-state index in [1.165, 1.54) is 0 Å². The normalized spacial score (nSPS) is 12.5. The Kier molecular flexibility index (Phi) is 4.65. The molecule has 0 radical (unpaired) electrons. The third kappa shape index (κ3) is 9.88. The highest BCUT2D eigenvalue weighted by molar-refractivity contribution is 4.62. The fourth-order valence-corrected chi connectivity index (χ4v) is 0.569. The first-order valence-electron chi connectivity index (χ1n) is 3.87. The summed E-state index contributed by atoms with van der Waals surface area (Å²) in [5.41, 5.74) is -0.702. The van der Waals surface area contributed by atoms with Crippen LogP contribution in [0.25, 0.3) is 0 Å². The van der Waals surface area contributed by atoms with Crippen molar-refractivity contribution in [1.29, 1.82) is 0 Å². The highest BCUT2D eigenvalue weighted by atomic mass is 16.5. The van der Waals surface area contributed by atoms with Gasteiger partial charge in [-0.15, -0.1) is 0 Å². The molecule has 3 nitrogen and oxygen atoms in total. The lowest BCUT2D eigenvalue weighted by Crippen LogP contribution is -2.28. The number of hydrogen-bond donors (Lipinski definition) is 1. The van der Waals surface area contributed by atoms with E-state index in [-0.39, 0.29) is 0 Å². The van der Waals surface area contributed by atoms with E-state index in [0.717, 1.165) is 6.54 Å². The van der Waals surface area contributed by atoms with E-state index in [2.05, 4.69) is 0 Å². The van der Waals surface area contributed by atoms with Gasteiger partial charge in [-0.3, -0.25) is 0 Å². The minimum absolute atomic E-state index is 0.404. The van der Waals surface area contributed by atoms with E-state index >= 15 is 0 Å². The summed E-state index contributed by atoms with van der Waals surface area (Å²) in [7, 11) is 3.99. The molecule has 68 valence electrons. The summed E-state index contributed by atoms with van der Waals surface area (Å²) in [4.78, 5) is 2.05. The molecule has 0 saturated heterocycles. The number of aliphatic hydroxyl groups is 1. The van der Waals surface area contributed by atoms with Gasteiger partial charge in [0, 0.05) is 6.54 Å². The van der Waals surface area contributed by atoms with Gasteiger partial charge in [0.1, 0.15) is 0 Å². The van der Waals surface area contributed by atoms with Crippen LogP contribution in [0.15, 0.2) is 0 Å². The molecule has 3 heteroatoms. The number of rotatable bonds is 5. The Hall–Kier alpha value is -0.120. The van der Waals surface area contributed by atoms with Crippen molar-refractivity contribution in [2.24, 2.45) is 0 Å². The molecule has 0 aromatic carbocycles. The molecule has 11 heavy (non-hydrogen) atoms. The van der Waals surface area contributed by atoms with Gasteiger partial charge in [0.25, 0.3) is 0 Å². The minimum Gasteiger partial charge on any atom is -0.388 e. The van der Waals surface area contributed by atoms with Crippen molar-refractivity contribution < 1.29 is 9.84 Å². The van der Waals surface area contributed by atoms with E-state index in [0.29, 0.717) is 13.2 Å². The monoisotopic (exact) mass is 161 g/mol. The van der Waals surface area contributed by atoms with Gasteiger partial charge >= 0.3 is 0 Å². The molecule has 0 fully saturated rings. The number of likely N-dealkylation sites (N-methyl/N-ethyl adjacent to an activating group) is 1. The summed E-state index contributed by atoms with van der Waals surface area (Å²) in [6.45, 7) is 5.46. The lowest BCUT2D eigenvalue weighted by molar-refractivity contribution is -0.0234. The predicted molar refractivity (Wildman–Crippen MR) is 45.7 cm³/mol. The number of ether oxygens (including phenoxy) is 1. The average Bonchev–Trinajstić information content (AvgIpc) is 1.78. The van der Waals surface area contributed by atoms with Gasteiger partial charge < -0.3 is 14.7 Å². The number of hydrogen-bond acceptors (Lipinski definition) is 3. The van der Waals surface area contributed by atoms with Crippen LogP contribution in [0.2, 0.25) is 0 Å². The highest BCUT2D eigenvalue weighted by Gasteiger charge is 2.11. The fourth-order valence-electron chi connectivity index (χ4n) is 0.569. The van der Waals surface area contributed by atoms with Crippen LogP contribution in [0.4, 0.5) is 0 Å². The third-order valence-corrected chi connectivity index (χ3v) is 1.14. The van der Waals surface area contributed by atoms with Crippen LogP contribution >= 0.6 is 0 Å². The smallest absolute Gasteiger partial charge is 0.0824 e. The zero-order valence-corrected chi connectivity index (χ0v) is 7.92. The number of nitrogens with zero attached hydrogens (tertiary/aromatic N) is 1. The van der Waals surface area contributed by atoms with E-state index < -0.39 is 5.60 Å². The van der Waals surface area contributed by atoms with E-state index in [9.17, 15) is 5.11 Å². The van der Waals surface area contributed by atoms with Gasteiger partial charge in [-0.1, -0.05) is 0 Å². The van der Waals surface area contributed by atoms with Crippen LogP contribution in [-0.2, 0) is 4.74 Å². The lowest BCUT2D eigenvalue weighted by atomic mass is 10.2. The summed E-state index contributed by atoms with van der Waals surface area (Å²) >= 11 is 0. The first kappa shape index (κ1) is 10.9. The molecule has 0 spiro atoms. The highest BCUT2D eigenvalue weighted by Crippen LogP contribution is 2.00. The molecular formula is C8H19NO2. The Morgan fingerprint density at radius 1 is 1.36 bits per heavy atom. The Balaban J connectivity index is 3.15. The van der Waals surface area contributed by atoms with Crippen molar-refractivity contribution in [3.05, 3.63) is 0 Å². The van der Waals surface area contributed by atoms with E-state index in [1.54, 1.807) is 13.8 Å². The summed E-state index contributed by atoms with van der Waals surface area (Å²) in [6.07, 6.45) is 0. The van der Waals surface area contributed by atoms with Gasteiger partial charge in [-0.2, -0.15) is 0 Å². The quantitative estimate of drug-likeness (QED) is 0.590. The molecule has 0 unspecified atom stereocenters. The molecule has 0 atom stereocenters. The van der Waals surface area contributed by atoms with Crippen LogP contribution in [0.5, 0.6) is 0 Å². The van der Waals surface area contributed by atoms with Gasteiger partial charge in [0.15, 0.2) is 0 Å². The second kappa shape index (κ2) is 4.70. The van der Waals surface area contributed by atoms with Crippen LogP contribution in [0.3, 0.4) is 0 Å². The summed E-state index contributed by atoms with van der Waals surface area (Å²) in [5.74, 6) is 0. The van der Waals surface area contributed by atoms with E-state index in [4.69, 9.17) is 4.74 Å². The zero-order chi connectivity index (χ0) is 8.91. The van der Waals surface area contributed by atoms with Gasteiger partial charge in [0.2, 0.25) is 0 Å². The topological polar surface area (TPSA) is 32.7 Å². The van der Waals surface area contributed by atoms with Crippen molar-refractivity contribution in [2.75, 3.05) is 33.9 Å². The first-order chi connectivity index (χ1) is 4.92. The van der Waals surface area contributed by atoms with Crippen LogP contribution in [-0.4, -0.2) is 49.5 Å². The molecule has 0 aliphatic heterocycles. The molecule has 0 aliphatic carbocycles. The second-order valence-electron chi connectivity index (χ2n) is 3.67. The van der Waals surface area contributed by atoms with Crippen molar-refractivity contribution in [3.63, 3.8) is 0 Å². The molecule has 0 amide bonds. The van der Waals surface area contributed by atoms with E-state index in [1.807, 2.05) is 19.0 Å². The first-order valence-corrected chi connectivity index (χ1v) is 3.87. The van der Waals surface area contributed by atoms with Gasteiger partial charge in [0.05, 0.1) is 18.8 Å². The molecule has 0 aromatic heterocycles. The Morgan fingerprint density at radius 2 is 1.91 bits per heavy atom. The Morgan fingerprint density at radius 3 is 2.27 bits per heavy atom. The van der Waals surface area contributed by atoms with Crippen molar-refractivity contribution in [1.82, 2.24) is 4.90 Å². The summed E-state index contributed by atoms with van der Waals surface area (Å²) in [6, 6.07) is 0. The van der Waals surface area contributed by atoms with Gasteiger partial charge in [-0.25, -0.2) is 0 Å². The molecule has 0 rings (SSSR count). The van der Waals surface area contributed by atoms with Crippen LogP contribution < -0.4 is 0 Å². The van der Waals surface area contributed by atoms with Crippen molar-refractivity contribution in [2.45, 2.75) is 19.4 Å². The third-order valence-electron chi connectivity index (χ3n) is 1.14. The van der Waals surface area contributed by atoms with Crippen LogP contribution in [0.1, 0.15) is 13.8 Å². The Bertz CT molecular complexity index is 96.8. The minimum atomic E-state index is -0.702. The zero-order valence-electron chi connectivity index (χ0n) is 7.92. The van der Waals surface area contributed by atoms with Crippen LogP contribution in [0, 0.1) is 0 Å². The van der Waals surface area contributed by atoms with Crippen molar-refractivity contribution in [3.8, 4) is 0 Å². The molecule has 0 aliphatic rings. The Labute approximate surface area is 69.0 Å². The molecule has 0 saturated carbocycles. The largest absolute Gasteiger partial charge is 0.388 e. The maximum atomic E-state index is 9.24. The second-order valence-corrected chi connectivity index (χ2v) is 3.67. The summed E-state index contributed by atoms with van der Waals surface area (Å²) in [5, 5.41) is 9.24. The summed E-state index contributed by atoms with van der Waals surface area (Å²) < 4.78 is 5.22. The average molecular weight is 161 g/mol. The van der Waals surface area contributed by atoms with Crippen molar-refractivity contribution >= 4 is 0 Å². The standard InChI is InChI=1S/C8H19NO2/c1-8(2,10)7-11-6-5-9(3)4/h10H,5-7H2,1-4H3. The SMILES string of the molecule is CN(C)CCOCC(C)(C)O. The fraction of sp³-hybridized carbons (Fsp3) is 1.00. The molecule has 1 N–H and O–H groups in total. The predicted octanol–water partition coefficient (Wildman–Crippen LogP) is 0.335. The molecule has 0 heterocycles. The van der Waals surface area contributed by atoms with Gasteiger partial charge in [-0.05, 0) is 27.9 Å². The maximum absolute atomic E-state index is 9.24. The molecule has 0 bridgehead atoms.